The number of benzene rings is 1. The number of fused-ring (bicyclic) bond motifs is 1. The largest absolute Gasteiger partial charge is 0.456 e. The van der Waals surface area contributed by atoms with Gasteiger partial charge in [0, 0.05) is 5.39 Å². The van der Waals surface area contributed by atoms with Gasteiger partial charge in [0.15, 0.2) is 11.4 Å². The van der Waals surface area contributed by atoms with Crippen molar-refractivity contribution in [3.8, 4) is 0 Å². The lowest BCUT2D eigenvalue weighted by Crippen LogP contribution is -2.08. The minimum atomic E-state index is -0.331. The molecule has 80 valence electrons. The molecule has 0 saturated heterocycles. The maximum Gasteiger partial charge on any atom is 0.169 e. The number of halogens is 1. The second kappa shape index (κ2) is 4.03. The number of hydrogen-bond donors (Lipinski definition) is 1. The molecule has 0 spiro atoms. The van der Waals surface area contributed by atoms with Crippen LogP contribution in [0.15, 0.2) is 28.7 Å². The molecule has 0 radical (unpaired) electrons. The molecule has 2 aromatic rings. The van der Waals surface area contributed by atoms with Crippen LogP contribution >= 0.6 is 0 Å². The molecule has 2 rings (SSSR count). The summed E-state index contributed by atoms with van der Waals surface area (Å²) in [5.41, 5.74) is 6.21. The fraction of sp³-hybridized carbons (Fsp3) is 0.333. The third-order valence-corrected chi connectivity index (χ3v) is 2.48. The molecule has 2 nitrogen and oxygen atoms in total. The highest BCUT2D eigenvalue weighted by molar-refractivity contribution is 5.78. The van der Waals surface area contributed by atoms with Gasteiger partial charge in [-0.15, -0.1) is 0 Å². The number of hydrogen-bond acceptors (Lipinski definition) is 2. The Labute approximate surface area is 87.9 Å². The first kappa shape index (κ1) is 10.2. The highest BCUT2D eigenvalue weighted by atomic mass is 19.1. The molecule has 2 N–H and O–H groups in total. The van der Waals surface area contributed by atoms with Crippen LogP contribution in [0, 0.1) is 5.82 Å². The minimum absolute atomic E-state index is 0.137. The standard InChI is InChI=1S/C12H14FNO/c1-2-4-10(14)11-7-8-5-3-6-9(13)12(8)15-11/h3,5-7,10H,2,4,14H2,1H3/t10-/m0/s1. The molecule has 0 aliphatic rings. The van der Waals surface area contributed by atoms with Gasteiger partial charge >= 0.3 is 0 Å². The number of furan rings is 1. The van der Waals surface area contributed by atoms with E-state index in [-0.39, 0.29) is 11.9 Å². The fourth-order valence-electron chi connectivity index (χ4n) is 1.68. The van der Waals surface area contributed by atoms with Crippen LogP contribution in [-0.4, -0.2) is 0 Å². The monoisotopic (exact) mass is 207 g/mol. The lowest BCUT2D eigenvalue weighted by atomic mass is 10.1. The first-order valence-electron chi connectivity index (χ1n) is 5.16. The van der Waals surface area contributed by atoms with Crippen molar-refractivity contribution in [3.05, 3.63) is 35.8 Å². The van der Waals surface area contributed by atoms with Crippen LogP contribution in [0.5, 0.6) is 0 Å². The third-order valence-electron chi connectivity index (χ3n) is 2.48. The van der Waals surface area contributed by atoms with Gasteiger partial charge in [0.25, 0.3) is 0 Å². The Morgan fingerprint density at radius 1 is 1.47 bits per heavy atom. The summed E-state index contributed by atoms with van der Waals surface area (Å²) < 4.78 is 18.7. The average molecular weight is 207 g/mol. The molecule has 3 heteroatoms. The Kier molecular flexibility index (Phi) is 2.73. The maximum absolute atomic E-state index is 13.3. The van der Waals surface area contributed by atoms with Crippen LogP contribution in [0.3, 0.4) is 0 Å². The van der Waals surface area contributed by atoms with Crippen molar-refractivity contribution in [2.75, 3.05) is 0 Å². The van der Waals surface area contributed by atoms with Crippen LogP contribution in [0.2, 0.25) is 0 Å². The first-order valence-corrected chi connectivity index (χ1v) is 5.16. The molecule has 0 saturated carbocycles. The second-order valence-corrected chi connectivity index (χ2v) is 3.70. The Morgan fingerprint density at radius 2 is 2.27 bits per heavy atom. The fourth-order valence-corrected chi connectivity index (χ4v) is 1.68. The Balaban J connectivity index is 2.43. The molecule has 15 heavy (non-hydrogen) atoms. The van der Waals surface area contributed by atoms with Gasteiger partial charge in [-0.25, -0.2) is 4.39 Å². The van der Waals surface area contributed by atoms with Crippen molar-refractivity contribution >= 4 is 11.0 Å². The molecular formula is C12H14FNO. The van der Waals surface area contributed by atoms with Crippen molar-refractivity contribution in [2.45, 2.75) is 25.8 Å². The van der Waals surface area contributed by atoms with E-state index < -0.39 is 0 Å². The summed E-state index contributed by atoms with van der Waals surface area (Å²) in [6.07, 6.45) is 1.84. The van der Waals surface area contributed by atoms with Gasteiger partial charge in [-0.1, -0.05) is 25.5 Å². The van der Waals surface area contributed by atoms with Crippen molar-refractivity contribution in [1.82, 2.24) is 0 Å². The van der Waals surface area contributed by atoms with Crippen molar-refractivity contribution in [2.24, 2.45) is 5.73 Å². The van der Waals surface area contributed by atoms with E-state index in [9.17, 15) is 4.39 Å². The number of para-hydroxylation sites is 1. The molecule has 1 aromatic heterocycles. The van der Waals surface area contributed by atoms with Crippen LogP contribution < -0.4 is 5.73 Å². The quantitative estimate of drug-likeness (QED) is 0.838. The van der Waals surface area contributed by atoms with E-state index in [0.29, 0.717) is 11.3 Å². The summed E-state index contributed by atoms with van der Waals surface area (Å²) in [6.45, 7) is 2.06. The lowest BCUT2D eigenvalue weighted by Gasteiger charge is -2.04. The molecule has 0 amide bonds. The topological polar surface area (TPSA) is 39.2 Å². The summed E-state index contributed by atoms with van der Waals surface area (Å²) in [5.74, 6) is 0.333. The molecule has 1 aromatic carbocycles. The number of nitrogens with two attached hydrogens (primary N) is 1. The molecule has 0 unspecified atom stereocenters. The number of rotatable bonds is 3. The van der Waals surface area contributed by atoms with Crippen LogP contribution in [0.1, 0.15) is 31.6 Å². The first-order chi connectivity index (χ1) is 7.22. The highest BCUT2D eigenvalue weighted by Gasteiger charge is 2.12. The molecule has 0 aliphatic carbocycles. The molecule has 1 heterocycles. The van der Waals surface area contributed by atoms with Gasteiger partial charge in [-0.3, -0.25) is 0 Å². The van der Waals surface area contributed by atoms with Crippen molar-refractivity contribution < 1.29 is 8.81 Å². The predicted molar refractivity (Wildman–Crippen MR) is 58.0 cm³/mol. The Morgan fingerprint density at radius 3 is 2.93 bits per heavy atom. The highest BCUT2D eigenvalue weighted by Crippen LogP contribution is 2.26. The molecular weight excluding hydrogens is 193 g/mol. The van der Waals surface area contributed by atoms with Crippen molar-refractivity contribution in [3.63, 3.8) is 0 Å². The second-order valence-electron chi connectivity index (χ2n) is 3.70. The normalized spacial score (nSPS) is 13.3. The van der Waals surface area contributed by atoms with E-state index in [1.807, 2.05) is 12.1 Å². The van der Waals surface area contributed by atoms with Crippen LogP contribution in [-0.2, 0) is 0 Å². The summed E-state index contributed by atoms with van der Waals surface area (Å²) in [5, 5.41) is 0.775. The van der Waals surface area contributed by atoms with E-state index in [0.717, 1.165) is 18.2 Å². The minimum Gasteiger partial charge on any atom is -0.456 e. The SMILES string of the molecule is CCC[C@H](N)c1cc2cccc(F)c2o1. The van der Waals surface area contributed by atoms with Crippen LogP contribution in [0.25, 0.3) is 11.0 Å². The van der Waals surface area contributed by atoms with Gasteiger partial charge < -0.3 is 10.2 Å². The van der Waals surface area contributed by atoms with Gasteiger partial charge in [0.05, 0.1) is 6.04 Å². The zero-order valence-electron chi connectivity index (χ0n) is 8.66. The molecule has 1 atom stereocenters. The average Bonchev–Trinajstić information content (AvgIpc) is 2.63. The van der Waals surface area contributed by atoms with E-state index in [1.54, 1.807) is 6.07 Å². The molecule has 0 bridgehead atoms. The van der Waals surface area contributed by atoms with E-state index in [2.05, 4.69) is 6.92 Å². The summed E-state index contributed by atoms with van der Waals surface area (Å²) >= 11 is 0. The van der Waals surface area contributed by atoms with Gasteiger partial charge in [0.1, 0.15) is 5.76 Å². The smallest absolute Gasteiger partial charge is 0.169 e. The lowest BCUT2D eigenvalue weighted by molar-refractivity contribution is 0.463. The van der Waals surface area contributed by atoms with Gasteiger partial charge in [0.2, 0.25) is 0 Å². The maximum atomic E-state index is 13.3. The van der Waals surface area contributed by atoms with Crippen LogP contribution in [0.4, 0.5) is 4.39 Å². The van der Waals surface area contributed by atoms with Gasteiger partial charge in [-0.05, 0) is 18.6 Å². The Hall–Kier alpha value is -1.35. The van der Waals surface area contributed by atoms with E-state index in [1.165, 1.54) is 6.07 Å². The summed E-state index contributed by atoms with van der Waals surface area (Å²) in [6, 6.07) is 6.56. The predicted octanol–water partition coefficient (Wildman–Crippen LogP) is 3.37. The van der Waals surface area contributed by atoms with Crippen molar-refractivity contribution in [1.29, 1.82) is 0 Å². The Bertz CT molecular complexity index is 464. The third kappa shape index (κ3) is 1.88. The zero-order chi connectivity index (χ0) is 10.8. The van der Waals surface area contributed by atoms with E-state index in [4.69, 9.17) is 10.2 Å². The molecule has 0 aliphatic heterocycles. The molecule has 0 fully saturated rings. The van der Waals surface area contributed by atoms with Gasteiger partial charge in [-0.2, -0.15) is 0 Å². The zero-order valence-corrected chi connectivity index (χ0v) is 8.66. The summed E-state index contributed by atoms with van der Waals surface area (Å²) in [4.78, 5) is 0. The van der Waals surface area contributed by atoms with E-state index >= 15 is 0 Å². The summed E-state index contributed by atoms with van der Waals surface area (Å²) in [7, 11) is 0.